The van der Waals surface area contributed by atoms with Crippen molar-refractivity contribution in [3.63, 3.8) is 0 Å². The van der Waals surface area contributed by atoms with E-state index in [1.54, 1.807) is 24.3 Å². The molecule has 2 aliphatic rings. The number of carbonyl (C=O) groups is 1. The number of furan rings is 1. The zero-order chi connectivity index (χ0) is 19.3. The number of fused-ring (bicyclic) bond motifs is 2. The van der Waals surface area contributed by atoms with E-state index in [1.807, 2.05) is 4.90 Å². The van der Waals surface area contributed by atoms with Crippen LogP contribution in [0.1, 0.15) is 42.5 Å². The van der Waals surface area contributed by atoms with Crippen molar-refractivity contribution in [1.82, 2.24) is 19.5 Å². The van der Waals surface area contributed by atoms with Gasteiger partial charge >= 0.3 is 0 Å². The second-order valence-corrected chi connectivity index (χ2v) is 8.12. The first-order valence-electron chi connectivity index (χ1n) is 9.54. The van der Waals surface area contributed by atoms with Crippen molar-refractivity contribution in [1.29, 1.82) is 0 Å². The number of allylic oxidation sites excluding steroid dienone is 2. The summed E-state index contributed by atoms with van der Waals surface area (Å²) in [5, 5.41) is 4.40. The van der Waals surface area contributed by atoms with E-state index in [0.29, 0.717) is 39.2 Å². The van der Waals surface area contributed by atoms with Crippen LogP contribution in [0.3, 0.4) is 0 Å². The van der Waals surface area contributed by atoms with Gasteiger partial charge in [0.05, 0.1) is 0 Å². The molecule has 0 radical (unpaired) electrons. The summed E-state index contributed by atoms with van der Waals surface area (Å²) in [6.07, 6.45) is 7.86. The summed E-state index contributed by atoms with van der Waals surface area (Å²) >= 11 is 3.28. The average molecular weight is 442 g/mol. The van der Waals surface area contributed by atoms with E-state index in [4.69, 9.17) is 10.2 Å². The molecule has 0 spiro atoms. The average Bonchev–Trinajstić information content (AvgIpc) is 3.33. The third-order valence-electron chi connectivity index (χ3n) is 5.52. The second-order valence-electron chi connectivity index (χ2n) is 7.33. The molecular weight excluding hydrogens is 422 g/mol. The summed E-state index contributed by atoms with van der Waals surface area (Å²) in [4.78, 5) is 19.7. The topological polar surface area (TPSA) is 89.7 Å². The van der Waals surface area contributed by atoms with Gasteiger partial charge in [-0.3, -0.25) is 4.79 Å². The van der Waals surface area contributed by atoms with Crippen molar-refractivity contribution in [2.45, 2.75) is 32.1 Å². The molecule has 7 nitrogen and oxygen atoms in total. The predicted octanol–water partition coefficient (Wildman–Crippen LogP) is 4.25. The Balaban J connectivity index is 1.52. The fourth-order valence-electron chi connectivity index (χ4n) is 4.22. The summed E-state index contributed by atoms with van der Waals surface area (Å²) in [6.45, 7) is 0.755. The Kier molecular flexibility index (Phi) is 4.23. The SMILES string of the molecule is Nc1cc(C(=O)N2CCCC3CCCC=C32)cc2nc(-c3ccc(Br)o3)nn12. The smallest absolute Gasteiger partial charge is 0.258 e. The standard InChI is InChI=1S/C20H20BrN5O2/c21-16-8-7-15(28-16)19-23-18-11-13(10-17(22)26(18)24-19)20(27)25-9-3-5-12-4-1-2-6-14(12)25/h6-8,10-12H,1-5,9,22H2. The number of halogens is 1. The highest BCUT2D eigenvalue weighted by Gasteiger charge is 2.31. The number of hydrogen-bond donors (Lipinski definition) is 1. The fourth-order valence-corrected chi connectivity index (χ4v) is 4.53. The van der Waals surface area contributed by atoms with E-state index in [2.05, 4.69) is 32.1 Å². The van der Waals surface area contributed by atoms with Gasteiger partial charge in [0, 0.05) is 17.8 Å². The van der Waals surface area contributed by atoms with Crippen LogP contribution in [0.5, 0.6) is 0 Å². The molecule has 1 aliphatic carbocycles. The van der Waals surface area contributed by atoms with E-state index >= 15 is 0 Å². The zero-order valence-electron chi connectivity index (χ0n) is 15.3. The minimum atomic E-state index is -0.0163. The maximum absolute atomic E-state index is 13.3. The molecule has 0 bridgehead atoms. The van der Waals surface area contributed by atoms with Crippen molar-refractivity contribution in [3.05, 3.63) is 46.3 Å². The van der Waals surface area contributed by atoms with Crippen LogP contribution in [0.4, 0.5) is 5.82 Å². The van der Waals surface area contributed by atoms with Crippen LogP contribution in [-0.2, 0) is 0 Å². The molecule has 1 fully saturated rings. The highest BCUT2D eigenvalue weighted by molar-refractivity contribution is 9.10. The van der Waals surface area contributed by atoms with Crippen molar-refractivity contribution in [3.8, 4) is 11.6 Å². The number of aromatic nitrogens is 3. The monoisotopic (exact) mass is 441 g/mol. The number of anilines is 1. The lowest BCUT2D eigenvalue weighted by molar-refractivity contribution is 0.0749. The lowest BCUT2D eigenvalue weighted by atomic mass is 9.84. The van der Waals surface area contributed by atoms with Crippen molar-refractivity contribution in [2.24, 2.45) is 5.92 Å². The van der Waals surface area contributed by atoms with Crippen LogP contribution >= 0.6 is 15.9 Å². The van der Waals surface area contributed by atoms with Gasteiger partial charge in [-0.25, -0.2) is 4.98 Å². The normalized spacial score (nSPS) is 19.5. The summed E-state index contributed by atoms with van der Waals surface area (Å²) < 4.78 is 7.66. The largest absolute Gasteiger partial charge is 0.446 e. The molecule has 3 aromatic rings. The summed E-state index contributed by atoms with van der Waals surface area (Å²) in [7, 11) is 0. The number of rotatable bonds is 2. The first-order valence-corrected chi connectivity index (χ1v) is 10.3. The molecule has 3 aromatic heterocycles. The van der Waals surface area contributed by atoms with Gasteiger partial charge < -0.3 is 15.1 Å². The summed E-state index contributed by atoms with van der Waals surface area (Å²) in [5.41, 5.74) is 8.44. The van der Waals surface area contributed by atoms with Gasteiger partial charge in [-0.1, -0.05) is 6.08 Å². The summed E-state index contributed by atoms with van der Waals surface area (Å²) in [6, 6.07) is 6.99. The molecule has 1 unspecified atom stereocenters. The van der Waals surface area contributed by atoms with Gasteiger partial charge in [0.2, 0.25) is 5.82 Å². The Hall–Kier alpha value is -2.61. The molecule has 1 atom stereocenters. The minimum Gasteiger partial charge on any atom is -0.446 e. The Morgan fingerprint density at radius 3 is 2.93 bits per heavy atom. The van der Waals surface area contributed by atoms with E-state index in [1.165, 1.54) is 29.5 Å². The van der Waals surface area contributed by atoms with Gasteiger partial charge in [0.25, 0.3) is 5.91 Å². The molecule has 1 amide bonds. The zero-order valence-corrected chi connectivity index (χ0v) is 16.9. The minimum absolute atomic E-state index is 0.0163. The first-order chi connectivity index (χ1) is 13.6. The maximum Gasteiger partial charge on any atom is 0.258 e. The Bertz CT molecular complexity index is 1100. The number of pyridine rings is 1. The molecule has 8 heteroatoms. The molecule has 0 saturated carbocycles. The van der Waals surface area contributed by atoms with Crippen molar-refractivity contribution >= 4 is 33.3 Å². The maximum atomic E-state index is 13.3. The molecule has 1 saturated heterocycles. The molecule has 4 heterocycles. The van der Waals surface area contributed by atoms with Crippen LogP contribution in [0, 0.1) is 5.92 Å². The predicted molar refractivity (Wildman–Crippen MR) is 108 cm³/mol. The highest BCUT2D eigenvalue weighted by Crippen LogP contribution is 2.36. The Morgan fingerprint density at radius 1 is 1.25 bits per heavy atom. The number of piperidine rings is 1. The molecule has 2 N–H and O–H groups in total. The quantitative estimate of drug-likeness (QED) is 0.641. The van der Waals surface area contributed by atoms with Crippen LogP contribution in [0.2, 0.25) is 0 Å². The van der Waals surface area contributed by atoms with Crippen molar-refractivity contribution in [2.75, 3.05) is 12.3 Å². The molecular formula is C20H20BrN5O2. The van der Waals surface area contributed by atoms with Crippen LogP contribution in [-0.4, -0.2) is 31.9 Å². The van der Waals surface area contributed by atoms with E-state index in [-0.39, 0.29) is 5.91 Å². The lowest BCUT2D eigenvalue weighted by Gasteiger charge is -2.38. The molecule has 28 heavy (non-hydrogen) atoms. The van der Waals surface area contributed by atoms with Gasteiger partial charge in [-0.2, -0.15) is 4.52 Å². The van der Waals surface area contributed by atoms with Gasteiger partial charge in [0.15, 0.2) is 16.1 Å². The fraction of sp³-hybridized carbons (Fsp3) is 0.350. The first kappa shape index (κ1) is 17.5. The Morgan fingerprint density at radius 2 is 2.11 bits per heavy atom. The number of hydrogen-bond acceptors (Lipinski definition) is 5. The van der Waals surface area contributed by atoms with Gasteiger partial charge in [-0.15, -0.1) is 5.10 Å². The Labute approximate surface area is 170 Å². The molecule has 5 rings (SSSR count). The lowest BCUT2D eigenvalue weighted by Crippen LogP contribution is -2.39. The van der Waals surface area contributed by atoms with Gasteiger partial charge in [-0.05, 0) is 78.2 Å². The number of nitrogens with two attached hydrogens (primary N) is 1. The number of nitrogens with zero attached hydrogens (tertiary/aromatic N) is 4. The molecule has 1 aliphatic heterocycles. The van der Waals surface area contributed by atoms with E-state index < -0.39 is 0 Å². The van der Waals surface area contributed by atoms with Gasteiger partial charge in [0.1, 0.15) is 5.82 Å². The summed E-state index contributed by atoms with van der Waals surface area (Å²) in [5.74, 6) is 1.82. The molecule has 0 aromatic carbocycles. The second kappa shape index (κ2) is 6.77. The number of likely N-dealkylation sites (tertiary alicyclic amines) is 1. The van der Waals surface area contributed by atoms with Crippen molar-refractivity contribution < 1.29 is 9.21 Å². The number of nitrogen functional groups attached to an aromatic ring is 1. The number of amides is 1. The van der Waals surface area contributed by atoms with E-state index in [0.717, 1.165) is 19.4 Å². The van der Waals surface area contributed by atoms with Crippen LogP contribution < -0.4 is 5.73 Å². The number of carbonyl (C=O) groups excluding carboxylic acids is 1. The highest BCUT2D eigenvalue weighted by atomic mass is 79.9. The third-order valence-corrected chi connectivity index (χ3v) is 5.95. The van der Waals surface area contributed by atoms with Crippen LogP contribution in [0.15, 0.2) is 45.1 Å². The van der Waals surface area contributed by atoms with Crippen LogP contribution in [0.25, 0.3) is 17.2 Å². The third kappa shape index (κ3) is 2.92. The van der Waals surface area contributed by atoms with E-state index in [9.17, 15) is 4.79 Å². The molecule has 144 valence electrons.